The molecule has 0 aromatic rings. The predicted octanol–water partition coefficient (Wildman–Crippen LogP) is 1.63. The number of amidine groups is 1. The van der Waals surface area contributed by atoms with Crippen LogP contribution in [0.1, 0.15) is 32.6 Å². The van der Waals surface area contributed by atoms with Crippen molar-refractivity contribution in [3.8, 4) is 0 Å². The highest BCUT2D eigenvalue weighted by atomic mass is 32.2. The van der Waals surface area contributed by atoms with E-state index in [-0.39, 0.29) is 11.2 Å². The highest BCUT2D eigenvalue weighted by Crippen LogP contribution is 2.38. The predicted molar refractivity (Wildman–Crippen MR) is 69.7 cm³/mol. The number of fused-ring (bicyclic) bond motifs is 1. The van der Waals surface area contributed by atoms with E-state index in [1.165, 1.54) is 19.3 Å². The van der Waals surface area contributed by atoms with Crippen LogP contribution in [-0.4, -0.2) is 34.4 Å². The Hall–Kier alpha value is -0.710. The smallest absolute Gasteiger partial charge is 0.239 e. The summed E-state index contributed by atoms with van der Waals surface area (Å²) < 4.78 is 0. The van der Waals surface area contributed by atoms with Gasteiger partial charge in [0.2, 0.25) is 5.91 Å². The molecule has 1 saturated carbocycles. The zero-order chi connectivity index (χ0) is 11.8. The lowest BCUT2D eigenvalue weighted by molar-refractivity contribution is -0.118. The number of hydrogen-bond donors (Lipinski definition) is 1. The molecule has 94 valence electrons. The first-order valence-corrected chi connectivity index (χ1v) is 7.45. The molecule has 5 heteroatoms. The molecule has 3 rings (SSSR count). The second-order valence-electron chi connectivity index (χ2n) is 5.23. The number of carbonyl (C=O) groups excluding carboxylic acids is 1. The Morgan fingerprint density at radius 1 is 1.41 bits per heavy atom. The van der Waals surface area contributed by atoms with Gasteiger partial charge in [0.15, 0.2) is 5.17 Å². The van der Waals surface area contributed by atoms with Gasteiger partial charge < -0.3 is 5.32 Å². The lowest BCUT2D eigenvalue weighted by atomic mass is 10.0. The van der Waals surface area contributed by atoms with Gasteiger partial charge in [-0.25, -0.2) is 0 Å². The van der Waals surface area contributed by atoms with E-state index in [0.717, 1.165) is 36.5 Å². The number of hydrazone groups is 1. The van der Waals surface area contributed by atoms with Crippen LogP contribution in [-0.2, 0) is 4.79 Å². The molecule has 1 aliphatic carbocycles. The van der Waals surface area contributed by atoms with E-state index in [9.17, 15) is 4.79 Å². The summed E-state index contributed by atoms with van der Waals surface area (Å²) in [5.41, 5.74) is 0. The first kappa shape index (κ1) is 11.4. The highest BCUT2D eigenvalue weighted by molar-refractivity contribution is 8.15. The fraction of sp³-hybridized carbons (Fsp3) is 0.833. The summed E-state index contributed by atoms with van der Waals surface area (Å²) in [5.74, 6) is 1.82. The number of thioether (sulfide) groups is 1. The van der Waals surface area contributed by atoms with Crippen LogP contribution in [0.2, 0.25) is 0 Å². The molecular weight excluding hydrogens is 234 g/mol. The molecule has 3 fully saturated rings. The minimum Gasteiger partial charge on any atom is -0.303 e. The van der Waals surface area contributed by atoms with Crippen LogP contribution in [0.15, 0.2) is 5.10 Å². The van der Waals surface area contributed by atoms with Gasteiger partial charge in [-0.05, 0) is 31.1 Å². The van der Waals surface area contributed by atoms with Crippen LogP contribution >= 0.6 is 11.8 Å². The molecule has 2 aliphatic heterocycles. The van der Waals surface area contributed by atoms with Gasteiger partial charge in [-0.15, -0.1) is 0 Å². The number of carbonyl (C=O) groups is 1. The van der Waals surface area contributed by atoms with Crippen molar-refractivity contribution in [3.05, 3.63) is 0 Å². The van der Waals surface area contributed by atoms with Crippen molar-refractivity contribution >= 4 is 22.8 Å². The van der Waals surface area contributed by atoms with E-state index in [0.29, 0.717) is 0 Å². The fourth-order valence-corrected chi connectivity index (χ4v) is 4.07. The highest BCUT2D eigenvalue weighted by Gasteiger charge is 2.37. The summed E-state index contributed by atoms with van der Waals surface area (Å²) in [7, 11) is 0. The van der Waals surface area contributed by atoms with Crippen molar-refractivity contribution in [2.75, 3.05) is 13.1 Å². The molecule has 2 heterocycles. The Bertz CT molecular complexity index is 346. The average molecular weight is 253 g/mol. The van der Waals surface area contributed by atoms with Crippen molar-refractivity contribution in [2.45, 2.75) is 37.9 Å². The SMILES string of the molecule is CCC1SC(=NN2CC3CCCC3C2)NC1=O. The van der Waals surface area contributed by atoms with Gasteiger partial charge in [-0.3, -0.25) is 9.80 Å². The van der Waals surface area contributed by atoms with Crippen LogP contribution in [0.5, 0.6) is 0 Å². The van der Waals surface area contributed by atoms with E-state index < -0.39 is 0 Å². The first-order chi connectivity index (χ1) is 8.26. The van der Waals surface area contributed by atoms with Gasteiger partial charge in [-0.1, -0.05) is 25.1 Å². The molecule has 4 nitrogen and oxygen atoms in total. The average Bonchev–Trinajstić information content (AvgIpc) is 2.93. The molecule has 1 amide bonds. The zero-order valence-electron chi connectivity index (χ0n) is 10.2. The number of nitrogens with zero attached hydrogens (tertiary/aromatic N) is 2. The normalized spacial score (nSPS) is 38.9. The molecule has 3 aliphatic rings. The molecule has 0 aromatic heterocycles. The van der Waals surface area contributed by atoms with Gasteiger partial charge in [0.05, 0.1) is 5.25 Å². The lowest BCUT2D eigenvalue weighted by Crippen LogP contribution is -2.26. The van der Waals surface area contributed by atoms with Crippen LogP contribution < -0.4 is 5.32 Å². The van der Waals surface area contributed by atoms with Crippen molar-refractivity contribution in [1.82, 2.24) is 10.3 Å². The van der Waals surface area contributed by atoms with Gasteiger partial charge in [0, 0.05) is 13.1 Å². The summed E-state index contributed by atoms with van der Waals surface area (Å²) in [5, 5.41) is 10.5. The maximum absolute atomic E-state index is 11.6. The largest absolute Gasteiger partial charge is 0.303 e. The maximum Gasteiger partial charge on any atom is 0.239 e. The van der Waals surface area contributed by atoms with Gasteiger partial charge in [0.1, 0.15) is 0 Å². The molecule has 0 spiro atoms. The zero-order valence-corrected chi connectivity index (χ0v) is 11.0. The van der Waals surface area contributed by atoms with Crippen LogP contribution in [0.4, 0.5) is 0 Å². The molecular formula is C12H19N3OS. The Kier molecular flexibility index (Phi) is 3.03. The van der Waals surface area contributed by atoms with E-state index in [4.69, 9.17) is 0 Å². The summed E-state index contributed by atoms with van der Waals surface area (Å²) >= 11 is 1.58. The summed E-state index contributed by atoms with van der Waals surface area (Å²) in [6.45, 7) is 4.21. The second-order valence-corrected chi connectivity index (χ2v) is 6.42. The van der Waals surface area contributed by atoms with Crippen molar-refractivity contribution in [2.24, 2.45) is 16.9 Å². The lowest BCUT2D eigenvalue weighted by Gasteiger charge is -2.13. The third-order valence-corrected chi connectivity index (χ3v) is 5.33. The molecule has 0 bridgehead atoms. The fourth-order valence-electron chi connectivity index (χ4n) is 3.14. The second kappa shape index (κ2) is 4.52. The first-order valence-electron chi connectivity index (χ1n) is 6.57. The Morgan fingerprint density at radius 3 is 2.71 bits per heavy atom. The molecule has 0 aromatic carbocycles. The molecule has 2 saturated heterocycles. The topological polar surface area (TPSA) is 44.7 Å². The summed E-state index contributed by atoms with van der Waals surface area (Å²) in [6, 6.07) is 0. The summed E-state index contributed by atoms with van der Waals surface area (Å²) in [4.78, 5) is 11.6. The molecule has 1 N–H and O–H groups in total. The molecule has 3 unspecified atom stereocenters. The van der Waals surface area contributed by atoms with Crippen molar-refractivity contribution in [3.63, 3.8) is 0 Å². The van der Waals surface area contributed by atoms with Crippen LogP contribution in [0.3, 0.4) is 0 Å². The van der Waals surface area contributed by atoms with Gasteiger partial charge in [-0.2, -0.15) is 5.10 Å². The molecule has 17 heavy (non-hydrogen) atoms. The minimum atomic E-state index is 0.0656. The molecule has 0 radical (unpaired) electrons. The van der Waals surface area contributed by atoms with Crippen molar-refractivity contribution < 1.29 is 4.79 Å². The third-order valence-electron chi connectivity index (χ3n) is 4.09. The van der Waals surface area contributed by atoms with Crippen molar-refractivity contribution in [1.29, 1.82) is 0 Å². The van der Waals surface area contributed by atoms with Gasteiger partial charge >= 0.3 is 0 Å². The number of rotatable bonds is 2. The Balaban J connectivity index is 1.62. The number of nitrogens with one attached hydrogen (secondary N) is 1. The molecule has 3 atom stereocenters. The van der Waals surface area contributed by atoms with E-state index in [2.05, 4.69) is 15.4 Å². The van der Waals surface area contributed by atoms with E-state index >= 15 is 0 Å². The van der Waals surface area contributed by atoms with Crippen LogP contribution in [0, 0.1) is 11.8 Å². The maximum atomic E-state index is 11.6. The quantitative estimate of drug-likeness (QED) is 0.813. The third kappa shape index (κ3) is 2.17. The standard InChI is InChI=1S/C12H19N3OS/c1-2-10-11(16)13-12(17-10)14-15-6-8-4-3-5-9(8)7-15/h8-10H,2-7H2,1H3,(H,13,14,16). The monoisotopic (exact) mass is 253 g/mol. The van der Waals surface area contributed by atoms with E-state index in [1.54, 1.807) is 11.8 Å². The summed E-state index contributed by atoms with van der Waals surface area (Å²) in [6.07, 6.45) is 5.00. The Labute approximate surface area is 106 Å². The van der Waals surface area contributed by atoms with Crippen LogP contribution in [0.25, 0.3) is 0 Å². The van der Waals surface area contributed by atoms with Gasteiger partial charge in [0.25, 0.3) is 0 Å². The minimum absolute atomic E-state index is 0.0656. The Morgan fingerprint density at radius 2 is 2.12 bits per heavy atom. The number of amides is 1. The van der Waals surface area contributed by atoms with E-state index in [1.807, 2.05) is 6.92 Å². The number of hydrogen-bond acceptors (Lipinski definition) is 4.